The van der Waals surface area contributed by atoms with Crippen molar-refractivity contribution in [2.45, 2.75) is 40.0 Å². The Kier molecular flexibility index (Phi) is 6.91. The summed E-state index contributed by atoms with van der Waals surface area (Å²) >= 11 is 5.12. The van der Waals surface area contributed by atoms with Gasteiger partial charge in [-0.05, 0) is 48.3 Å². The fraction of sp³-hybridized carbons (Fsp3) is 0.417. The molecule has 1 atom stereocenters. The van der Waals surface area contributed by atoms with E-state index in [-0.39, 0.29) is 12.0 Å². The highest BCUT2D eigenvalue weighted by molar-refractivity contribution is 9.10. The molecule has 0 radical (unpaired) electrons. The maximum Gasteiger partial charge on any atom is 0.171 e. The van der Waals surface area contributed by atoms with Gasteiger partial charge in [0.1, 0.15) is 17.7 Å². The third-order valence-corrected chi connectivity index (χ3v) is 7.09. The van der Waals surface area contributed by atoms with Crippen molar-refractivity contribution >= 4 is 38.5 Å². The van der Waals surface area contributed by atoms with E-state index in [9.17, 15) is 5.26 Å². The number of benzene rings is 1. The zero-order chi connectivity index (χ0) is 21.9. The zero-order valence-electron chi connectivity index (χ0n) is 17.7. The number of aliphatic imine (C=N–C) groups is 1. The minimum Gasteiger partial charge on any atom is -0.493 e. The van der Waals surface area contributed by atoms with Crippen molar-refractivity contribution in [1.29, 1.82) is 5.26 Å². The summed E-state index contributed by atoms with van der Waals surface area (Å²) in [7, 11) is 1.58. The van der Waals surface area contributed by atoms with Gasteiger partial charge in [0, 0.05) is 21.1 Å². The molecule has 0 saturated carbocycles. The van der Waals surface area contributed by atoms with Gasteiger partial charge < -0.3 is 9.47 Å². The molecular formula is C24H25BrN2O2S. The number of terminal acetylenes is 1. The predicted molar refractivity (Wildman–Crippen MR) is 126 cm³/mol. The van der Waals surface area contributed by atoms with Crippen LogP contribution in [0.4, 0.5) is 5.00 Å². The molecule has 1 heterocycles. The number of hydrogen-bond donors (Lipinski definition) is 0. The second kappa shape index (κ2) is 9.25. The van der Waals surface area contributed by atoms with E-state index < -0.39 is 0 Å². The molecule has 156 valence electrons. The molecule has 30 heavy (non-hydrogen) atoms. The van der Waals surface area contributed by atoms with Crippen molar-refractivity contribution in [1.82, 2.24) is 0 Å². The Labute approximate surface area is 191 Å². The van der Waals surface area contributed by atoms with Crippen LogP contribution in [0.15, 0.2) is 21.6 Å². The fourth-order valence-electron chi connectivity index (χ4n) is 3.75. The van der Waals surface area contributed by atoms with Crippen molar-refractivity contribution in [2.24, 2.45) is 16.3 Å². The first-order valence-electron chi connectivity index (χ1n) is 9.81. The lowest BCUT2D eigenvalue weighted by Crippen LogP contribution is -2.26. The van der Waals surface area contributed by atoms with Crippen LogP contribution in [-0.2, 0) is 12.8 Å². The number of thiophene rings is 1. The summed E-state index contributed by atoms with van der Waals surface area (Å²) in [5, 5.41) is 10.5. The minimum atomic E-state index is 0.129. The van der Waals surface area contributed by atoms with Crippen molar-refractivity contribution in [3.05, 3.63) is 38.2 Å². The molecule has 1 aliphatic carbocycles. The second-order valence-corrected chi connectivity index (χ2v) is 10.4. The summed E-state index contributed by atoms with van der Waals surface area (Å²) in [6.07, 6.45) is 10.1. The first-order chi connectivity index (χ1) is 14.3. The van der Waals surface area contributed by atoms with Crippen LogP contribution in [0.2, 0.25) is 0 Å². The Balaban J connectivity index is 1.98. The molecule has 0 saturated heterocycles. The molecule has 2 aromatic rings. The molecule has 1 aliphatic rings. The average molecular weight is 485 g/mol. The van der Waals surface area contributed by atoms with E-state index in [1.165, 1.54) is 10.4 Å². The van der Waals surface area contributed by atoms with Gasteiger partial charge in [-0.3, -0.25) is 0 Å². The number of ether oxygens (including phenoxy) is 2. The lowest BCUT2D eigenvalue weighted by Gasteiger charge is -2.33. The Morgan fingerprint density at radius 2 is 2.17 bits per heavy atom. The van der Waals surface area contributed by atoms with E-state index in [4.69, 9.17) is 15.9 Å². The van der Waals surface area contributed by atoms with Crippen LogP contribution in [0, 0.1) is 35.0 Å². The summed E-state index contributed by atoms with van der Waals surface area (Å²) in [5.74, 6) is 4.20. The molecule has 0 amide bonds. The largest absolute Gasteiger partial charge is 0.493 e. The first kappa shape index (κ1) is 22.4. The third kappa shape index (κ3) is 4.72. The van der Waals surface area contributed by atoms with E-state index in [0.29, 0.717) is 23.0 Å². The molecule has 0 spiro atoms. The van der Waals surface area contributed by atoms with E-state index in [2.05, 4.69) is 53.7 Å². The lowest BCUT2D eigenvalue weighted by molar-refractivity contribution is 0.218. The maximum atomic E-state index is 9.79. The minimum absolute atomic E-state index is 0.129. The molecule has 3 rings (SSSR count). The van der Waals surface area contributed by atoms with Crippen molar-refractivity contribution in [3.63, 3.8) is 0 Å². The van der Waals surface area contributed by atoms with Crippen molar-refractivity contribution < 1.29 is 9.47 Å². The summed E-state index contributed by atoms with van der Waals surface area (Å²) < 4.78 is 12.0. The molecule has 0 bridgehead atoms. The maximum absolute atomic E-state index is 9.79. The van der Waals surface area contributed by atoms with Crippen LogP contribution >= 0.6 is 27.3 Å². The SMILES string of the molecule is C#CCOc1c(C=Nc2sc3c(c2C#N)CC[C@@H](C(C)(C)C)C3)cc(Br)cc1OC. The van der Waals surface area contributed by atoms with Crippen LogP contribution < -0.4 is 9.47 Å². The van der Waals surface area contributed by atoms with Crippen LogP contribution in [0.25, 0.3) is 0 Å². The second-order valence-electron chi connectivity index (χ2n) is 8.38. The van der Waals surface area contributed by atoms with Gasteiger partial charge in [-0.15, -0.1) is 17.8 Å². The number of nitrogens with zero attached hydrogens (tertiary/aromatic N) is 2. The van der Waals surface area contributed by atoms with Gasteiger partial charge in [-0.1, -0.05) is 42.6 Å². The Morgan fingerprint density at radius 1 is 1.40 bits per heavy atom. The summed E-state index contributed by atoms with van der Waals surface area (Å²) in [6.45, 7) is 7.00. The van der Waals surface area contributed by atoms with Crippen LogP contribution in [0.1, 0.15) is 48.8 Å². The van der Waals surface area contributed by atoms with Crippen molar-refractivity contribution in [2.75, 3.05) is 13.7 Å². The Bertz CT molecular complexity index is 1050. The van der Waals surface area contributed by atoms with Crippen LogP contribution in [0.3, 0.4) is 0 Å². The van der Waals surface area contributed by atoms with Crippen molar-refractivity contribution in [3.8, 4) is 29.9 Å². The zero-order valence-corrected chi connectivity index (χ0v) is 20.1. The number of fused-ring (bicyclic) bond motifs is 1. The highest BCUT2D eigenvalue weighted by Gasteiger charge is 2.32. The quantitative estimate of drug-likeness (QED) is 0.369. The van der Waals surface area contributed by atoms with Gasteiger partial charge in [-0.2, -0.15) is 5.26 Å². The normalized spacial score (nSPS) is 16.0. The highest BCUT2D eigenvalue weighted by Crippen LogP contribution is 2.45. The summed E-state index contributed by atoms with van der Waals surface area (Å²) in [6, 6.07) is 6.10. The monoisotopic (exact) mass is 484 g/mol. The molecule has 6 heteroatoms. The summed E-state index contributed by atoms with van der Waals surface area (Å²) in [4.78, 5) is 5.98. The Morgan fingerprint density at radius 3 is 2.80 bits per heavy atom. The number of methoxy groups -OCH3 is 1. The van der Waals surface area contributed by atoms with E-state index in [1.54, 1.807) is 24.7 Å². The van der Waals surface area contributed by atoms with Gasteiger partial charge >= 0.3 is 0 Å². The standard InChI is InChI=1S/C24H25BrN2O2S/c1-6-9-29-22-15(10-17(25)12-20(22)28-5)14-27-23-19(13-26)18-8-7-16(24(2,3)4)11-21(18)30-23/h1,10,12,14,16H,7-9,11H2,2-5H3/t16-/m1/s1. The van der Waals surface area contributed by atoms with Gasteiger partial charge in [0.15, 0.2) is 11.5 Å². The topological polar surface area (TPSA) is 54.6 Å². The molecular weight excluding hydrogens is 460 g/mol. The van der Waals surface area contributed by atoms with Gasteiger partial charge in [-0.25, -0.2) is 4.99 Å². The highest BCUT2D eigenvalue weighted by atomic mass is 79.9. The molecule has 0 aliphatic heterocycles. The molecule has 0 fully saturated rings. The Hall–Kier alpha value is -2.28. The molecule has 0 unspecified atom stereocenters. The van der Waals surface area contributed by atoms with Gasteiger partial charge in [0.05, 0.1) is 12.7 Å². The lowest BCUT2D eigenvalue weighted by atomic mass is 9.72. The van der Waals surface area contributed by atoms with E-state index in [0.717, 1.165) is 34.3 Å². The average Bonchev–Trinajstić information content (AvgIpc) is 3.06. The van der Waals surface area contributed by atoms with Gasteiger partial charge in [0.25, 0.3) is 0 Å². The molecule has 1 aromatic heterocycles. The number of nitriles is 1. The fourth-order valence-corrected chi connectivity index (χ4v) is 5.43. The molecule has 0 N–H and O–H groups in total. The summed E-state index contributed by atoms with van der Waals surface area (Å²) in [5.41, 5.74) is 2.87. The third-order valence-electron chi connectivity index (χ3n) is 5.47. The number of halogens is 1. The molecule has 4 nitrogen and oxygen atoms in total. The van der Waals surface area contributed by atoms with Gasteiger partial charge in [0.2, 0.25) is 0 Å². The smallest absolute Gasteiger partial charge is 0.171 e. The number of rotatable bonds is 5. The van der Waals surface area contributed by atoms with Crippen LogP contribution in [0.5, 0.6) is 11.5 Å². The van der Waals surface area contributed by atoms with E-state index >= 15 is 0 Å². The first-order valence-corrected chi connectivity index (χ1v) is 11.4. The van der Waals surface area contributed by atoms with Crippen LogP contribution in [-0.4, -0.2) is 19.9 Å². The molecule has 1 aromatic carbocycles. The number of hydrogen-bond acceptors (Lipinski definition) is 5. The predicted octanol–water partition coefficient (Wildman–Crippen LogP) is 6.30. The van der Waals surface area contributed by atoms with E-state index in [1.807, 2.05) is 12.1 Å².